The number of benzene rings is 1. The lowest BCUT2D eigenvalue weighted by Crippen LogP contribution is -2.12. The fourth-order valence-electron chi connectivity index (χ4n) is 2.59. The zero-order valence-electron chi connectivity index (χ0n) is 12.1. The van der Waals surface area contributed by atoms with Crippen LogP contribution in [-0.2, 0) is 19.4 Å². The van der Waals surface area contributed by atoms with E-state index in [1.807, 2.05) is 18.2 Å². The maximum atomic E-state index is 11.9. The zero-order chi connectivity index (χ0) is 14.7. The quantitative estimate of drug-likeness (QED) is 0.845. The number of carbonyl (C=O) groups is 1. The molecule has 5 nitrogen and oxygen atoms in total. The number of nitrogens with zero attached hydrogens (tertiary/aromatic N) is 2. The summed E-state index contributed by atoms with van der Waals surface area (Å²) in [5.74, 6) is 2.13. The summed E-state index contributed by atoms with van der Waals surface area (Å²) in [7, 11) is 0. The van der Waals surface area contributed by atoms with Crippen LogP contribution in [0.1, 0.15) is 53.8 Å². The van der Waals surface area contributed by atoms with Crippen LogP contribution in [0.2, 0.25) is 0 Å². The minimum atomic E-state index is 0.199. The fraction of sp³-hybridized carbons (Fsp3) is 0.438. The summed E-state index contributed by atoms with van der Waals surface area (Å²) in [5, 5.41) is 3.90. The van der Waals surface area contributed by atoms with Crippen LogP contribution in [0.4, 0.5) is 0 Å². The molecular formula is C16H18N2O3. The van der Waals surface area contributed by atoms with Crippen molar-refractivity contribution in [2.24, 2.45) is 0 Å². The highest BCUT2D eigenvalue weighted by Gasteiger charge is 2.20. The molecule has 1 aromatic heterocycles. The molecule has 1 heterocycles. The van der Waals surface area contributed by atoms with Gasteiger partial charge >= 0.3 is 0 Å². The highest BCUT2D eigenvalue weighted by molar-refractivity contribution is 5.99. The first-order valence-electron chi connectivity index (χ1n) is 7.37. The van der Waals surface area contributed by atoms with Crippen molar-refractivity contribution in [1.82, 2.24) is 10.1 Å². The number of ketones is 1. The van der Waals surface area contributed by atoms with Crippen molar-refractivity contribution in [3.05, 3.63) is 41.0 Å². The fourth-order valence-corrected chi connectivity index (χ4v) is 2.59. The molecule has 0 fully saturated rings. The number of rotatable bonds is 5. The minimum Gasteiger partial charge on any atom is -0.483 e. The summed E-state index contributed by atoms with van der Waals surface area (Å²) in [6.45, 7) is 2.31. The van der Waals surface area contributed by atoms with Gasteiger partial charge in [0.1, 0.15) is 5.75 Å². The van der Waals surface area contributed by atoms with Crippen LogP contribution in [0.5, 0.6) is 5.75 Å². The van der Waals surface area contributed by atoms with Gasteiger partial charge in [0.2, 0.25) is 0 Å². The Hall–Kier alpha value is -2.17. The van der Waals surface area contributed by atoms with Crippen LogP contribution < -0.4 is 4.74 Å². The summed E-state index contributed by atoms with van der Waals surface area (Å²) < 4.78 is 10.9. The Balaban J connectivity index is 1.73. The minimum absolute atomic E-state index is 0.199. The molecule has 3 rings (SSSR count). The van der Waals surface area contributed by atoms with Crippen LogP contribution in [0, 0.1) is 0 Å². The topological polar surface area (TPSA) is 65.2 Å². The van der Waals surface area contributed by atoms with E-state index in [0.29, 0.717) is 18.1 Å². The van der Waals surface area contributed by atoms with Crippen molar-refractivity contribution >= 4 is 5.78 Å². The standard InChI is InChI=1S/C16H18N2O3/c1-2-5-15-17-16(21-18-15)10-20-14-9-4-6-11-12(14)7-3-8-13(11)19/h4,6,9H,2-3,5,7-8,10H2,1H3. The van der Waals surface area contributed by atoms with E-state index in [2.05, 4.69) is 17.1 Å². The third-order valence-electron chi connectivity index (χ3n) is 3.60. The van der Waals surface area contributed by atoms with Gasteiger partial charge in [-0.15, -0.1) is 0 Å². The lowest BCUT2D eigenvalue weighted by molar-refractivity contribution is 0.0971. The van der Waals surface area contributed by atoms with E-state index in [4.69, 9.17) is 9.26 Å². The number of ether oxygens (including phenoxy) is 1. The molecular weight excluding hydrogens is 268 g/mol. The molecule has 110 valence electrons. The molecule has 0 aliphatic heterocycles. The molecule has 0 saturated heterocycles. The predicted octanol–water partition coefficient (Wildman–Crippen LogP) is 3.12. The smallest absolute Gasteiger partial charge is 0.264 e. The number of fused-ring (bicyclic) bond motifs is 1. The molecule has 2 aromatic rings. The van der Waals surface area contributed by atoms with Crippen LogP contribution in [0.15, 0.2) is 22.7 Å². The average molecular weight is 286 g/mol. The van der Waals surface area contributed by atoms with Crippen molar-refractivity contribution in [2.75, 3.05) is 0 Å². The van der Waals surface area contributed by atoms with Gasteiger partial charge in [0.05, 0.1) is 0 Å². The van der Waals surface area contributed by atoms with Crippen LogP contribution in [-0.4, -0.2) is 15.9 Å². The molecule has 0 radical (unpaired) electrons. The highest BCUT2D eigenvalue weighted by atomic mass is 16.5. The molecule has 0 saturated carbocycles. The molecule has 0 atom stereocenters. The van der Waals surface area contributed by atoms with Crippen LogP contribution in [0.3, 0.4) is 0 Å². The first kappa shape index (κ1) is 13.8. The Morgan fingerprint density at radius 2 is 2.24 bits per heavy atom. The van der Waals surface area contributed by atoms with Crippen molar-refractivity contribution in [3.63, 3.8) is 0 Å². The molecule has 0 unspecified atom stereocenters. The van der Waals surface area contributed by atoms with Gasteiger partial charge in [-0.25, -0.2) is 0 Å². The summed E-state index contributed by atoms with van der Waals surface area (Å²) in [4.78, 5) is 16.2. The van der Waals surface area contributed by atoms with E-state index in [1.54, 1.807) is 0 Å². The van der Waals surface area contributed by atoms with Crippen LogP contribution >= 0.6 is 0 Å². The molecule has 1 aromatic carbocycles. The second-order valence-electron chi connectivity index (χ2n) is 5.20. The SMILES string of the molecule is CCCc1noc(COc2cccc3c2CCCC3=O)n1. The normalized spacial score (nSPS) is 14.0. The second kappa shape index (κ2) is 6.08. The Morgan fingerprint density at radius 1 is 1.33 bits per heavy atom. The van der Waals surface area contributed by atoms with E-state index in [1.165, 1.54) is 0 Å². The highest BCUT2D eigenvalue weighted by Crippen LogP contribution is 2.29. The van der Waals surface area contributed by atoms with Gasteiger partial charge in [0, 0.05) is 24.0 Å². The molecule has 1 aliphatic carbocycles. The first-order chi connectivity index (χ1) is 10.3. The van der Waals surface area contributed by atoms with Crippen molar-refractivity contribution < 1.29 is 14.1 Å². The summed E-state index contributed by atoms with van der Waals surface area (Å²) >= 11 is 0. The number of hydrogen-bond acceptors (Lipinski definition) is 5. The monoisotopic (exact) mass is 286 g/mol. The molecule has 21 heavy (non-hydrogen) atoms. The van der Waals surface area contributed by atoms with Crippen molar-refractivity contribution in [1.29, 1.82) is 0 Å². The van der Waals surface area contributed by atoms with E-state index >= 15 is 0 Å². The number of Topliss-reactive ketones (excluding diaryl/α,β-unsaturated/α-hetero) is 1. The Bertz CT molecular complexity index is 649. The summed E-state index contributed by atoms with van der Waals surface area (Å²) in [6.07, 6.45) is 4.17. The van der Waals surface area contributed by atoms with E-state index < -0.39 is 0 Å². The first-order valence-corrected chi connectivity index (χ1v) is 7.37. The van der Waals surface area contributed by atoms with Gasteiger partial charge < -0.3 is 9.26 Å². The molecule has 5 heteroatoms. The Kier molecular flexibility index (Phi) is 3.99. The average Bonchev–Trinajstić information content (AvgIpc) is 2.94. The van der Waals surface area contributed by atoms with E-state index in [9.17, 15) is 4.79 Å². The van der Waals surface area contributed by atoms with Crippen LogP contribution in [0.25, 0.3) is 0 Å². The number of aromatic nitrogens is 2. The molecule has 0 N–H and O–H groups in total. The molecule has 0 amide bonds. The number of carbonyl (C=O) groups excluding carboxylic acids is 1. The lowest BCUT2D eigenvalue weighted by atomic mass is 9.90. The van der Waals surface area contributed by atoms with Gasteiger partial charge in [0.15, 0.2) is 18.2 Å². The van der Waals surface area contributed by atoms with Gasteiger partial charge in [0.25, 0.3) is 5.89 Å². The van der Waals surface area contributed by atoms with Crippen molar-refractivity contribution in [2.45, 2.75) is 45.6 Å². The van der Waals surface area contributed by atoms with Crippen molar-refractivity contribution in [3.8, 4) is 5.75 Å². The molecule has 1 aliphatic rings. The maximum absolute atomic E-state index is 11.9. The van der Waals surface area contributed by atoms with E-state index in [-0.39, 0.29) is 12.4 Å². The van der Waals surface area contributed by atoms with Gasteiger partial charge in [-0.3, -0.25) is 4.79 Å². The lowest BCUT2D eigenvalue weighted by Gasteiger charge is -2.17. The van der Waals surface area contributed by atoms with Gasteiger partial charge in [-0.05, 0) is 25.3 Å². The molecule has 0 spiro atoms. The van der Waals surface area contributed by atoms with Gasteiger partial charge in [-0.1, -0.05) is 24.2 Å². The second-order valence-corrected chi connectivity index (χ2v) is 5.20. The molecule has 0 bridgehead atoms. The van der Waals surface area contributed by atoms with Gasteiger partial charge in [-0.2, -0.15) is 4.98 Å². The third-order valence-corrected chi connectivity index (χ3v) is 3.60. The zero-order valence-corrected chi connectivity index (χ0v) is 12.1. The predicted molar refractivity (Wildman–Crippen MR) is 76.3 cm³/mol. The number of hydrogen-bond donors (Lipinski definition) is 0. The van der Waals surface area contributed by atoms with E-state index in [0.717, 1.165) is 42.6 Å². The Labute approximate surface area is 123 Å². The third kappa shape index (κ3) is 2.96. The number of aryl methyl sites for hydroxylation is 1. The summed E-state index contributed by atoms with van der Waals surface area (Å²) in [5.41, 5.74) is 1.79. The summed E-state index contributed by atoms with van der Waals surface area (Å²) in [6, 6.07) is 5.62. The largest absolute Gasteiger partial charge is 0.483 e. The Morgan fingerprint density at radius 3 is 3.10 bits per heavy atom. The maximum Gasteiger partial charge on any atom is 0.264 e.